The van der Waals surface area contributed by atoms with Gasteiger partial charge in [-0.2, -0.15) is 0 Å². The zero-order chi connectivity index (χ0) is 13.4. The van der Waals surface area contributed by atoms with Crippen LogP contribution in [0.1, 0.15) is 24.5 Å². The summed E-state index contributed by atoms with van der Waals surface area (Å²) in [6.07, 6.45) is 4.78. The van der Waals surface area contributed by atoms with Gasteiger partial charge >= 0.3 is 6.09 Å². The molecule has 0 heterocycles. The Hall–Kier alpha value is -1.99. The summed E-state index contributed by atoms with van der Waals surface area (Å²) in [6.45, 7) is 0. The van der Waals surface area contributed by atoms with E-state index < -0.39 is 18.2 Å². The average Bonchev–Trinajstić information content (AvgIpc) is 2.43. The third-order valence-electron chi connectivity index (χ3n) is 2.61. The van der Waals surface area contributed by atoms with Crippen molar-refractivity contribution in [1.29, 1.82) is 0 Å². The largest absolute Gasteiger partial charge is 0.453 e. The molecule has 0 aromatic heterocycles. The van der Waals surface area contributed by atoms with Gasteiger partial charge in [0.25, 0.3) is 0 Å². The molecule has 1 aromatic rings. The van der Waals surface area contributed by atoms with E-state index in [1.54, 1.807) is 12.1 Å². The summed E-state index contributed by atoms with van der Waals surface area (Å²) < 4.78 is 4.53. The zero-order valence-electron chi connectivity index (χ0n) is 10.3. The second-order valence-corrected chi connectivity index (χ2v) is 3.84. The van der Waals surface area contributed by atoms with E-state index >= 15 is 0 Å². The number of carbonyl (C=O) groups is 1. The highest BCUT2D eigenvalue weighted by molar-refractivity contribution is 5.67. The summed E-state index contributed by atoms with van der Waals surface area (Å²) in [5, 5.41) is 12.8. The monoisotopic (exact) mass is 247 g/mol. The van der Waals surface area contributed by atoms with Gasteiger partial charge in [0.2, 0.25) is 0 Å². The Kier molecular flexibility index (Phi) is 5.75. The fraction of sp³-hybridized carbons (Fsp3) is 0.357. The van der Waals surface area contributed by atoms with Crippen molar-refractivity contribution in [3.05, 3.63) is 35.9 Å². The maximum absolute atomic E-state index is 11.2. The molecule has 0 saturated carbocycles. The molecule has 0 spiro atoms. The Morgan fingerprint density at radius 1 is 1.50 bits per heavy atom. The lowest BCUT2D eigenvalue weighted by molar-refractivity contribution is 0.111. The molecule has 0 radical (unpaired) electrons. The van der Waals surface area contributed by atoms with Gasteiger partial charge in [0.05, 0.1) is 19.3 Å². The molecular weight excluding hydrogens is 230 g/mol. The van der Waals surface area contributed by atoms with Gasteiger partial charge in [-0.05, 0) is 12.0 Å². The fourth-order valence-corrected chi connectivity index (χ4v) is 1.64. The van der Waals surface area contributed by atoms with Crippen LogP contribution in [0.4, 0.5) is 4.79 Å². The maximum Gasteiger partial charge on any atom is 0.407 e. The van der Waals surface area contributed by atoms with Crippen molar-refractivity contribution in [2.24, 2.45) is 0 Å². The summed E-state index contributed by atoms with van der Waals surface area (Å²) in [5.41, 5.74) is 0.732. The molecule has 96 valence electrons. The highest BCUT2D eigenvalue weighted by atomic mass is 16.5. The first kappa shape index (κ1) is 14.1. The van der Waals surface area contributed by atoms with Crippen molar-refractivity contribution in [3.8, 4) is 12.3 Å². The van der Waals surface area contributed by atoms with Gasteiger partial charge in [-0.3, -0.25) is 0 Å². The Labute approximate surface area is 107 Å². The molecule has 0 bridgehead atoms. The number of hydrogen-bond donors (Lipinski definition) is 2. The first-order chi connectivity index (χ1) is 8.69. The van der Waals surface area contributed by atoms with Gasteiger partial charge in [-0.15, -0.1) is 12.3 Å². The maximum atomic E-state index is 11.2. The molecule has 2 atom stereocenters. The highest BCUT2D eigenvalue weighted by Gasteiger charge is 2.22. The van der Waals surface area contributed by atoms with Crippen LogP contribution < -0.4 is 5.32 Å². The Bertz CT molecular complexity index is 411. The number of ether oxygens (including phenoxy) is 1. The Balaban J connectivity index is 2.75. The lowest BCUT2D eigenvalue weighted by Gasteiger charge is -2.23. The van der Waals surface area contributed by atoms with Gasteiger partial charge in [0.15, 0.2) is 0 Å². The summed E-state index contributed by atoms with van der Waals surface area (Å²) in [6, 6.07) is 8.65. The molecule has 4 nitrogen and oxygen atoms in total. The average molecular weight is 247 g/mol. The van der Waals surface area contributed by atoms with E-state index in [-0.39, 0.29) is 0 Å². The van der Waals surface area contributed by atoms with Crippen LogP contribution in [-0.2, 0) is 4.74 Å². The van der Waals surface area contributed by atoms with Crippen LogP contribution in [0.5, 0.6) is 0 Å². The minimum absolute atomic E-state index is 0.462. The second kappa shape index (κ2) is 7.36. The zero-order valence-corrected chi connectivity index (χ0v) is 10.3. The smallest absolute Gasteiger partial charge is 0.407 e. The summed E-state index contributed by atoms with van der Waals surface area (Å²) in [5.74, 6) is 2.49. The lowest BCUT2D eigenvalue weighted by Crippen LogP contribution is -2.39. The van der Waals surface area contributed by atoms with Crippen LogP contribution in [0.25, 0.3) is 0 Å². The van der Waals surface area contributed by atoms with E-state index in [2.05, 4.69) is 16.0 Å². The topological polar surface area (TPSA) is 58.6 Å². The number of hydrogen-bond acceptors (Lipinski definition) is 3. The molecule has 1 unspecified atom stereocenters. The number of benzene rings is 1. The number of nitrogens with one attached hydrogen (secondary N) is 1. The first-order valence-electron chi connectivity index (χ1n) is 5.70. The predicted octanol–water partition coefficient (Wildman–Crippen LogP) is 1.86. The molecule has 4 heteroatoms. The molecule has 18 heavy (non-hydrogen) atoms. The molecule has 0 fully saturated rings. The van der Waals surface area contributed by atoms with E-state index in [0.717, 1.165) is 5.56 Å². The number of alkyl carbamates (subject to hydrolysis) is 1. The van der Waals surface area contributed by atoms with Crippen molar-refractivity contribution < 1.29 is 14.6 Å². The first-order valence-corrected chi connectivity index (χ1v) is 5.70. The summed E-state index contributed by atoms with van der Waals surface area (Å²) in [4.78, 5) is 11.2. The Morgan fingerprint density at radius 3 is 2.72 bits per heavy atom. The predicted molar refractivity (Wildman–Crippen MR) is 68.8 cm³/mol. The molecule has 0 aliphatic heterocycles. The highest BCUT2D eigenvalue weighted by Crippen LogP contribution is 2.19. The molecule has 1 amide bonds. The van der Waals surface area contributed by atoms with E-state index in [1.165, 1.54) is 7.11 Å². The number of amides is 1. The normalized spacial score (nSPS) is 13.2. The van der Waals surface area contributed by atoms with Crippen LogP contribution in [0.15, 0.2) is 30.3 Å². The van der Waals surface area contributed by atoms with Gasteiger partial charge in [-0.1, -0.05) is 30.3 Å². The number of aliphatic hydroxyl groups excluding tert-OH is 1. The van der Waals surface area contributed by atoms with Crippen LogP contribution in [0.3, 0.4) is 0 Å². The second-order valence-electron chi connectivity index (χ2n) is 3.84. The van der Waals surface area contributed by atoms with Gasteiger partial charge in [0.1, 0.15) is 0 Å². The quantitative estimate of drug-likeness (QED) is 0.781. The van der Waals surface area contributed by atoms with E-state index in [4.69, 9.17) is 6.42 Å². The molecule has 2 N–H and O–H groups in total. The number of carbonyl (C=O) groups excluding carboxylic acids is 1. The molecule has 0 aliphatic carbocycles. The molecular formula is C14H17NO3. The van der Waals surface area contributed by atoms with Crippen molar-refractivity contribution in [3.63, 3.8) is 0 Å². The van der Waals surface area contributed by atoms with Crippen molar-refractivity contribution in [1.82, 2.24) is 5.32 Å². The standard InChI is InChI=1S/C14H17NO3/c1-3-4-10-12(15-14(17)18-2)13(16)11-8-6-5-7-9-11/h1,5-9,12-13,16H,4,10H2,2H3,(H,15,17)/t12?,13-/m1/s1. The number of terminal acetylenes is 1. The SMILES string of the molecule is C#CCCC(NC(=O)OC)[C@H](O)c1ccccc1. The van der Waals surface area contributed by atoms with Gasteiger partial charge < -0.3 is 15.2 Å². The van der Waals surface area contributed by atoms with Crippen molar-refractivity contribution in [2.75, 3.05) is 7.11 Å². The van der Waals surface area contributed by atoms with Crippen LogP contribution in [0, 0.1) is 12.3 Å². The van der Waals surface area contributed by atoms with Crippen molar-refractivity contribution >= 4 is 6.09 Å². The van der Waals surface area contributed by atoms with E-state index in [1.807, 2.05) is 18.2 Å². The van der Waals surface area contributed by atoms with Crippen LogP contribution in [-0.4, -0.2) is 24.4 Å². The van der Waals surface area contributed by atoms with E-state index in [9.17, 15) is 9.90 Å². The van der Waals surface area contributed by atoms with Gasteiger partial charge in [-0.25, -0.2) is 4.79 Å². The molecule has 1 rings (SSSR count). The number of rotatable bonds is 5. The molecule has 0 saturated heterocycles. The Morgan fingerprint density at radius 2 is 2.17 bits per heavy atom. The van der Waals surface area contributed by atoms with Crippen molar-refractivity contribution in [2.45, 2.75) is 25.0 Å². The van der Waals surface area contributed by atoms with Crippen LogP contribution >= 0.6 is 0 Å². The fourth-order valence-electron chi connectivity index (χ4n) is 1.64. The third kappa shape index (κ3) is 4.11. The molecule has 1 aromatic carbocycles. The minimum Gasteiger partial charge on any atom is -0.453 e. The number of aliphatic hydroxyl groups is 1. The number of methoxy groups -OCH3 is 1. The molecule has 0 aliphatic rings. The minimum atomic E-state index is -0.807. The van der Waals surface area contributed by atoms with E-state index in [0.29, 0.717) is 12.8 Å². The third-order valence-corrected chi connectivity index (χ3v) is 2.61. The van der Waals surface area contributed by atoms with Crippen LogP contribution in [0.2, 0.25) is 0 Å². The lowest BCUT2D eigenvalue weighted by atomic mass is 9.99. The summed E-state index contributed by atoms with van der Waals surface area (Å²) in [7, 11) is 1.28. The van der Waals surface area contributed by atoms with Gasteiger partial charge in [0, 0.05) is 6.42 Å². The summed E-state index contributed by atoms with van der Waals surface area (Å²) >= 11 is 0.